The van der Waals surface area contributed by atoms with Crippen LogP contribution in [0.1, 0.15) is 17.3 Å². The molecular weight excluding hydrogens is 210 g/mol. The summed E-state index contributed by atoms with van der Waals surface area (Å²) in [5, 5.41) is 11.6. The fraction of sp³-hybridized carbons (Fsp3) is 0.273. The number of hydrogen-bond donors (Lipinski definition) is 2. The minimum absolute atomic E-state index is 0.0416. The third-order valence-electron chi connectivity index (χ3n) is 2.44. The first-order valence-corrected chi connectivity index (χ1v) is 4.89. The molecule has 1 unspecified atom stereocenters. The highest BCUT2D eigenvalue weighted by molar-refractivity contribution is 6.03. The van der Waals surface area contributed by atoms with Crippen LogP contribution < -0.4 is 10.1 Å². The smallest absolute Gasteiger partial charge is 0.337 e. The van der Waals surface area contributed by atoms with E-state index in [1.807, 2.05) is 0 Å². The van der Waals surface area contributed by atoms with Crippen LogP contribution >= 0.6 is 0 Å². The summed E-state index contributed by atoms with van der Waals surface area (Å²) >= 11 is 0. The fourth-order valence-electron chi connectivity index (χ4n) is 1.50. The number of benzene rings is 1. The predicted octanol–water partition coefficient (Wildman–Crippen LogP) is 1.35. The van der Waals surface area contributed by atoms with Crippen molar-refractivity contribution >= 4 is 17.6 Å². The second kappa shape index (κ2) is 3.84. The fourth-order valence-corrected chi connectivity index (χ4v) is 1.50. The molecule has 1 aliphatic heterocycles. The second-order valence-electron chi connectivity index (χ2n) is 3.69. The molecular formula is C11H11NO4. The number of para-hydroxylation sites is 1. The number of carbonyl (C=O) groups excluding carboxylic acids is 1. The molecule has 1 aromatic carbocycles. The van der Waals surface area contributed by atoms with E-state index < -0.39 is 5.97 Å². The van der Waals surface area contributed by atoms with Crippen LogP contribution in [0.4, 0.5) is 5.69 Å². The van der Waals surface area contributed by atoms with Crippen LogP contribution in [0.25, 0.3) is 0 Å². The molecule has 16 heavy (non-hydrogen) atoms. The van der Waals surface area contributed by atoms with Crippen molar-refractivity contribution in [1.29, 1.82) is 0 Å². The van der Waals surface area contributed by atoms with Crippen LogP contribution in [-0.2, 0) is 4.79 Å². The Hall–Kier alpha value is -2.04. The third kappa shape index (κ3) is 1.71. The molecule has 1 aromatic rings. The summed E-state index contributed by atoms with van der Waals surface area (Å²) in [6.07, 6.45) is 0. The highest BCUT2D eigenvalue weighted by Gasteiger charge is 2.24. The molecule has 1 atom stereocenters. The number of rotatable bonds is 1. The Balaban J connectivity index is 2.50. The van der Waals surface area contributed by atoms with Crippen LogP contribution in [0.5, 0.6) is 5.75 Å². The van der Waals surface area contributed by atoms with E-state index in [1.54, 1.807) is 19.1 Å². The SMILES string of the molecule is CC1COc2cccc(C(=O)O)c2NC1=O. The van der Waals surface area contributed by atoms with Gasteiger partial charge in [0.25, 0.3) is 0 Å². The first-order valence-electron chi connectivity index (χ1n) is 4.89. The van der Waals surface area contributed by atoms with Crippen LogP contribution in [0.3, 0.4) is 0 Å². The van der Waals surface area contributed by atoms with Gasteiger partial charge in [0, 0.05) is 0 Å². The van der Waals surface area contributed by atoms with Crippen molar-refractivity contribution < 1.29 is 19.4 Å². The Bertz CT molecular complexity index is 455. The number of nitrogens with one attached hydrogen (secondary N) is 1. The standard InChI is InChI=1S/C11H11NO4/c1-6-5-16-8-4-2-3-7(11(14)15)9(8)12-10(6)13/h2-4,6H,5H2,1H3,(H,12,13)(H,14,15). The van der Waals surface area contributed by atoms with Crippen LogP contribution in [0, 0.1) is 5.92 Å². The molecule has 5 heteroatoms. The van der Waals surface area contributed by atoms with E-state index in [4.69, 9.17) is 9.84 Å². The van der Waals surface area contributed by atoms with Gasteiger partial charge in [0.1, 0.15) is 5.75 Å². The van der Waals surface area contributed by atoms with Gasteiger partial charge in [0.15, 0.2) is 0 Å². The lowest BCUT2D eigenvalue weighted by Crippen LogP contribution is -2.22. The Morgan fingerprint density at radius 3 is 3.00 bits per heavy atom. The first kappa shape index (κ1) is 10.5. The average molecular weight is 221 g/mol. The van der Waals surface area contributed by atoms with E-state index in [2.05, 4.69) is 5.32 Å². The molecule has 2 N–H and O–H groups in total. The summed E-state index contributed by atoms with van der Waals surface area (Å²) in [5.74, 6) is -1.21. The Morgan fingerprint density at radius 1 is 1.56 bits per heavy atom. The van der Waals surface area contributed by atoms with Gasteiger partial charge in [-0.1, -0.05) is 13.0 Å². The van der Waals surface area contributed by atoms with Crippen molar-refractivity contribution in [2.24, 2.45) is 5.92 Å². The number of carbonyl (C=O) groups is 2. The van der Waals surface area contributed by atoms with E-state index in [0.29, 0.717) is 5.75 Å². The number of aromatic carboxylic acids is 1. The van der Waals surface area contributed by atoms with E-state index in [1.165, 1.54) is 6.07 Å². The minimum atomic E-state index is -1.09. The number of hydrogen-bond acceptors (Lipinski definition) is 3. The number of amides is 1. The first-order chi connectivity index (χ1) is 7.59. The lowest BCUT2D eigenvalue weighted by molar-refractivity contribution is -0.119. The molecule has 0 saturated heterocycles. The summed E-state index contributed by atoms with van der Waals surface area (Å²) in [6, 6.07) is 4.66. The molecule has 1 aliphatic rings. The maximum atomic E-state index is 11.6. The van der Waals surface area contributed by atoms with Crippen LogP contribution in [0.15, 0.2) is 18.2 Å². The van der Waals surface area contributed by atoms with Gasteiger partial charge in [0.05, 0.1) is 23.8 Å². The molecule has 0 aliphatic carbocycles. The zero-order chi connectivity index (χ0) is 11.7. The van der Waals surface area contributed by atoms with E-state index in [9.17, 15) is 9.59 Å². The number of carboxylic acids is 1. The summed E-state index contributed by atoms with van der Waals surface area (Å²) in [7, 11) is 0. The normalized spacial score (nSPS) is 19.1. The van der Waals surface area contributed by atoms with Gasteiger partial charge >= 0.3 is 5.97 Å². The van der Waals surface area contributed by atoms with Gasteiger partial charge in [0.2, 0.25) is 5.91 Å². The van der Waals surface area contributed by atoms with Crippen molar-refractivity contribution in [2.75, 3.05) is 11.9 Å². The monoisotopic (exact) mass is 221 g/mol. The predicted molar refractivity (Wildman–Crippen MR) is 56.7 cm³/mol. The van der Waals surface area contributed by atoms with Gasteiger partial charge in [-0.05, 0) is 12.1 Å². The van der Waals surface area contributed by atoms with Gasteiger partial charge < -0.3 is 15.2 Å². The molecule has 0 saturated carbocycles. The summed E-state index contributed by atoms with van der Waals surface area (Å²) < 4.78 is 5.38. The van der Waals surface area contributed by atoms with Gasteiger partial charge in [-0.3, -0.25) is 4.79 Å². The molecule has 0 spiro atoms. The Labute approximate surface area is 92.0 Å². The van der Waals surface area contributed by atoms with Gasteiger partial charge in [-0.25, -0.2) is 4.79 Å². The topological polar surface area (TPSA) is 75.6 Å². The lowest BCUT2D eigenvalue weighted by atomic mass is 10.1. The summed E-state index contributed by atoms with van der Waals surface area (Å²) in [6.45, 7) is 1.98. The minimum Gasteiger partial charge on any atom is -0.491 e. The molecule has 2 rings (SSSR count). The maximum absolute atomic E-state index is 11.6. The molecule has 84 valence electrons. The molecule has 1 heterocycles. The highest BCUT2D eigenvalue weighted by Crippen LogP contribution is 2.31. The zero-order valence-electron chi connectivity index (χ0n) is 8.69. The van der Waals surface area contributed by atoms with E-state index in [0.717, 1.165) is 0 Å². The third-order valence-corrected chi connectivity index (χ3v) is 2.44. The Kier molecular flexibility index (Phi) is 2.52. The van der Waals surface area contributed by atoms with Crippen molar-refractivity contribution in [3.05, 3.63) is 23.8 Å². The molecule has 5 nitrogen and oxygen atoms in total. The molecule has 0 fully saturated rings. The lowest BCUT2D eigenvalue weighted by Gasteiger charge is -2.09. The number of ether oxygens (including phenoxy) is 1. The number of fused-ring (bicyclic) bond motifs is 1. The van der Waals surface area contributed by atoms with Gasteiger partial charge in [-0.2, -0.15) is 0 Å². The van der Waals surface area contributed by atoms with Crippen molar-refractivity contribution in [2.45, 2.75) is 6.92 Å². The highest BCUT2D eigenvalue weighted by atomic mass is 16.5. The second-order valence-corrected chi connectivity index (χ2v) is 3.69. The van der Waals surface area contributed by atoms with Gasteiger partial charge in [-0.15, -0.1) is 0 Å². The van der Waals surface area contributed by atoms with Crippen molar-refractivity contribution in [3.63, 3.8) is 0 Å². The number of carboxylic acid groups (broad SMARTS) is 1. The molecule has 0 bridgehead atoms. The van der Waals surface area contributed by atoms with Crippen molar-refractivity contribution in [3.8, 4) is 5.75 Å². The average Bonchev–Trinajstić information content (AvgIpc) is 2.39. The van der Waals surface area contributed by atoms with E-state index >= 15 is 0 Å². The molecule has 0 radical (unpaired) electrons. The van der Waals surface area contributed by atoms with Crippen molar-refractivity contribution in [1.82, 2.24) is 0 Å². The van der Waals surface area contributed by atoms with E-state index in [-0.39, 0.29) is 29.7 Å². The summed E-state index contributed by atoms with van der Waals surface area (Å²) in [4.78, 5) is 22.5. The largest absolute Gasteiger partial charge is 0.491 e. The summed E-state index contributed by atoms with van der Waals surface area (Å²) in [5.41, 5.74) is 0.282. The van der Waals surface area contributed by atoms with Crippen LogP contribution in [-0.4, -0.2) is 23.6 Å². The quantitative estimate of drug-likeness (QED) is 0.750. The number of anilines is 1. The van der Waals surface area contributed by atoms with Crippen LogP contribution in [0.2, 0.25) is 0 Å². The zero-order valence-corrected chi connectivity index (χ0v) is 8.69. The maximum Gasteiger partial charge on any atom is 0.337 e. The molecule has 1 amide bonds. The Morgan fingerprint density at radius 2 is 2.31 bits per heavy atom. The molecule has 0 aromatic heterocycles.